The molecule has 0 fully saturated rings. The van der Waals surface area contributed by atoms with Crippen LogP contribution in [0.25, 0.3) is 21.8 Å². The van der Waals surface area contributed by atoms with E-state index < -0.39 is 0 Å². The van der Waals surface area contributed by atoms with Gasteiger partial charge in [-0.15, -0.1) is 0 Å². The van der Waals surface area contributed by atoms with E-state index in [1.807, 2.05) is 61.5 Å². The molecular formula is C21H17Cl2NO. The molecule has 0 aliphatic heterocycles. The van der Waals surface area contributed by atoms with Crippen LogP contribution in [0.15, 0.2) is 66.7 Å². The Kier molecular flexibility index (Phi) is 4.43. The Labute approximate surface area is 156 Å². The topological polar surface area (TPSA) is 14.2 Å². The van der Waals surface area contributed by atoms with Crippen LogP contribution in [-0.4, -0.2) is 11.2 Å². The largest absolute Gasteiger partial charge is 0.354 e. The molecule has 0 bridgehead atoms. The first-order chi connectivity index (χ1) is 12.2. The maximum Gasteiger partial charge on any atom is 0.160 e. The smallest absolute Gasteiger partial charge is 0.160 e. The van der Waals surface area contributed by atoms with E-state index in [1.165, 1.54) is 0 Å². The van der Waals surface area contributed by atoms with Gasteiger partial charge in [-0.2, -0.15) is 0 Å². The van der Waals surface area contributed by atoms with Crippen LogP contribution >= 0.6 is 23.2 Å². The van der Waals surface area contributed by atoms with Gasteiger partial charge in [-0.3, -0.25) is 0 Å². The van der Waals surface area contributed by atoms with E-state index in [4.69, 9.17) is 27.9 Å². The average molecular weight is 370 g/mol. The van der Waals surface area contributed by atoms with Gasteiger partial charge < -0.3 is 9.30 Å². The molecule has 3 aromatic carbocycles. The maximum atomic E-state index is 6.25. The van der Waals surface area contributed by atoms with Gasteiger partial charge in [0, 0.05) is 33.0 Å². The van der Waals surface area contributed by atoms with Crippen LogP contribution in [0.3, 0.4) is 0 Å². The SMILES string of the molecule is CCO[C@H](c1ccccc1)n1c2ccc(Cl)cc2c2cc(Cl)ccc21. The van der Waals surface area contributed by atoms with Crippen molar-refractivity contribution in [2.75, 3.05) is 6.61 Å². The molecule has 0 aliphatic rings. The molecule has 2 nitrogen and oxygen atoms in total. The van der Waals surface area contributed by atoms with Crippen molar-refractivity contribution in [3.63, 3.8) is 0 Å². The monoisotopic (exact) mass is 369 g/mol. The number of halogens is 2. The lowest BCUT2D eigenvalue weighted by Gasteiger charge is -2.22. The molecule has 0 spiro atoms. The number of ether oxygens (including phenoxy) is 1. The van der Waals surface area contributed by atoms with Gasteiger partial charge in [-0.25, -0.2) is 0 Å². The van der Waals surface area contributed by atoms with Crippen molar-refractivity contribution in [2.24, 2.45) is 0 Å². The Morgan fingerprint density at radius 1 is 0.840 bits per heavy atom. The minimum atomic E-state index is -0.214. The molecule has 0 amide bonds. The predicted octanol–water partition coefficient (Wildman–Crippen LogP) is 6.68. The highest BCUT2D eigenvalue weighted by atomic mass is 35.5. The van der Waals surface area contributed by atoms with Gasteiger partial charge in [0.1, 0.15) is 0 Å². The molecule has 0 aliphatic carbocycles. The molecule has 25 heavy (non-hydrogen) atoms. The summed E-state index contributed by atoms with van der Waals surface area (Å²) in [5.41, 5.74) is 3.25. The van der Waals surface area contributed by atoms with Gasteiger partial charge in [0.25, 0.3) is 0 Å². The first-order valence-electron chi connectivity index (χ1n) is 8.24. The third kappa shape index (κ3) is 2.91. The normalized spacial score (nSPS) is 12.8. The zero-order chi connectivity index (χ0) is 17.4. The van der Waals surface area contributed by atoms with Crippen LogP contribution in [-0.2, 0) is 4.74 Å². The molecule has 0 saturated heterocycles. The fourth-order valence-corrected chi connectivity index (χ4v) is 3.69. The highest BCUT2D eigenvalue weighted by Gasteiger charge is 2.20. The Bertz CT molecular complexity index is 981. The van der Waals surface area contributed by atoms with Crippen molar-refractivity contribution in [1.29, 1.82) is 0 Å². The Morgan fingerprint density at radius 3 is 1.92 bits per heavy atom. The van der Waals surface area contributed by atoms with Gasteiger partial charge in [0.05, 0.1) is 11.0 Å². The molecule has 4 aromatic rings. The molecule has 4 heteroatoms. The van der Waals surface area contributed by atoms with E-state index in [-0.39, 0.29) is 6.23 Å². The lowest BCUT2D eigenvalue weighted by molar-refractivity contribution is 0.0470. The number of hydrogen-bond donors (Lipinski definition) is 0. The summed E-state index contributed by atoms with van der Waals surface area (Å²) in [7, 11) is 0. The third-order valence-electron chi connectivity index (χ3n) is 4.37. The number of aromatic nitrogens is 1. The first-order valence-corrected chi connectivity index (χ1v) is 9.00. The quantitative estimate of drug-likeness (QED) is 0.391. The molecule has 126 valence electrons. The molecule has 0 radical (unpaired) electrons. The van der Waals surface area contributed by atoms with Crippen LogP contribution in [0, 0.1) is 0 Å². The van der Waals surface area contributed by atoms with Crippen molar-refractivity contribution in [2.45, 2.75) is 13.2 Å². The number of nitrogens with zero attached hydrogens (tertiary/aromatic N) is 1. The van der Waals surface area contributed by atoms with Gasteiger partial charge in [-0.05, 0) is 43.3 Å². The molecular weight excluding hydrogens is 353 g/mol. The van der Waals surface area contributed by atoms with E-state index in [9.17, 15) is 0 Å². The van der Waals surface area contributed by atoms with Crippen LogP contribution in [0.5, 0.6) is 0 Å². The van der Waals surface area contributed by atoms with Crippen LogP contribution in [0.4, 0.5) is 0 Å². The van der Waals surface area contributed by atoms with Crippen LogP contribution < -0.4 is 0 Å². The Hall–Kier alpha value is -2.00. The van der Waals surface area contributed by atoms with Gasteiger partial charge in [0.2, 0.25) is 0 Å². The summed E-state index contributed by atoms with van der Waals surface area (Å²) in [4.78, 5) is 0. The second-order valence-corrected chi connectivity index (χ2v) is 6.78. The number of benzene rings is 3. The number of rotatable bonds is 4. The van der Waals surface area contributed by atoms with Crippen LogP contribution in [0.2, 0.25) is 10.0 Å². The van der Waals surface area contributed by atoms with Gasteiger partial charge >= 0.3 is 0 Å². The summed E-state index contributed by atoms with van der Waals surface area (Å²) < 4.78 is 8.36. The molecule has 1 aromatic heterocycles. The van der Waals surface area contributed by atoms with Crippen molar-refractivity contribution < 1.29 is 4.74 Å². The van der Waals surface area contributed by atoms with E-state index in [0.717, 1.165) is 27.4 Å². The minimum absolute atomic E-state index is 0.214. The van der Waals surface area contributed by atoms with Crippen LogP contribution in [0.1, 0.15) is 18.7 Å². The summed E-state index contributed by atoms with van der Waals surface area (Å²) in [6.45, 7) is 2.62. The fourth-order valence-electron chi connectivity index (χ4n) is 3.35. The summed E-state index contributed by atoms with van der Waals surface area (Å²) in [6.07, 6.45) is -0.214. The molecule has 0 saturated carbocycles. The maximum absolute atomic E-state index is 6.25. The highest BCUT2D eigenvalue weighted by Crippen LogP contribution is 2.37. The van der Waals surface area contributed by atoms with Crippen molar-refractivity contribution >= 4 is 45.0 Å². The zero-order valence-electron chi connectivity index (χ0n) is 13.7. The molecule has 0 N–H and O–H groups in total. The van der Waals surface area contributed by atoms with Gasteiger partial charge in [0.15, 0.2) is 6.23 Å². The fraction of sp³-hybridized carbons (Fsp3) is 0.143. The summed E-state index contributed by atoms with van der Waals surface area (Å²) in [5, 5.41) is 3.56. The lowest BCUT2D eigenvalue weighted by atomic mass is 10.1. The van der Waals surface area contributed by atoms with Gasteiger partial charge in [-0.1, -0.05) is 53.5 Å². The van der Waals surface area contributed by atoms with E-state index in [2.05, 4.69) is 16.7 Å². The van der Waals surface area contributed by atoms with Crippen molar-refractivity contribution in [1.82, 2.24) is 4.57 Å². The second kappa shape index (κ2) is 6.72. The summed E-state index contributed by atoms with van der Waals surface area (Å²) in [5.74, 6) is 0. The summed E-state index contributed by atoms with van der Waals surface area (Å²) >= 11 is 12.5. The van der Waals surface area contributed by atoms with E-state index in [1.54, 1.807) is 0 Å². The highest BCUT2D eigenvalue weighted by molar-refractivity contribution is 6.33. The predicted molar refractivity (Wildman–Crippen MR) is 106 cm³/mol. The third-order valence-corrected chi connectivity index (χ3v) is 4.84. The standard InChI is InChI=1S/C21H17Cl2NO/c1-2-25-21(14-6-4-3-5-7-14)24-19-10-8-15(22)12-17(19)18-13-16(23)9-11-20(18)24/h3-13,21H,2H2,1H3/t21-/m1/s1. The van der Waals surface area contributed by atoms with Crippen molar-refractivity contribution in [3.05, 3.63) is 82.3 Å². The number of hydrogen-bond acceptors (Lipinski definition) is 1. The lowest BCUT2D eigenvalue weighted by Crippen LogP contribution is -2.14. The van der Waals surface area contributed by atoms with E-state index in [0.29, 0.717) is 16.7 Å². The second-order valence-electron chi connectivity index (χ2n) is 5.91. The minimum Gasteiger partial charge on any atom is -0.354 e. The Morgan fingerprint density at radius 2 is 1.40 bits per heavy atom. The number of fused-ring (bicyclic) bond motifs is 3. The molecule has 0 unspecified atom stereocenters. The molecule has 4 rings (SSSR count). The molecule has 1 atom stereocenters. The zero-order valence-corrected chi connectivity index (χ0v) is 15.3. The molecule has 1 heterocycles. The first kappa shape index (κ1) is 16.5. The van der Waals surface area contributed by atoms with Crippen molar-refractivity contribution in [3.8, 4) is 0 Å². The van der Waals surface area contributed by atoms with E-state index >= 15 is 0 Å². The summed E-state index contributed by atoms with van der Waals surface area (Å²) in [6, 6.07) is 22.1. The Balaban J connectivity index is 2.07. The average Bonchev–Trinajstić information content (AvgIpc) is 2.93.